The van der Waals surface area contributed by atoms with Gasteiger partial charge in [0, 0.05) is 11.8 Å². The number of pyridine rings is 1. The third kappa shape index (κ3) is 2.95. The number of carbonyl (C=O) groups is 3. The van der Waals surface area contributed by atoms with Gasteiger partial charge in [-0.05, 0) is 67.4 Å². The van der Waals surface area contributed by atoms with E-state index in [4.69, 9.17) is 0 Å². The van der Waals surface area contributed by atoms with Crippen LogP contribution >= 0.6 is 0 Å². The molecule has 0 bridgehead atoms. The van der Waals surface area contributed by atoms with Gasteiger partial charge in [-0.25, -0.2) is 9.88 Å². The summed E-state index contributed by atoms with van der Waals surface area (Å²) in [4.78, 5) is 43.3. The number of anilines is 2. The minimum Gasteiger partial charge on any atom is -0.307 e. The highest BCUT2D eigenvalue weighted by Gasteiger charge is 2.37. The van der Waals surface area contributed by atoms with Gasteiger partial charge in [0.2, 0.25) is 0 Å². The first-order valence-corrected chi connectivity index (χ1v) is 8.78. The topological polar surface area (TPSA) is 79.4 Å². The molecule has 1 aliphatic rings. The van der Waals surface area contributed by atoms with Crippen LogP contribution in [0, 0.1) is 13.8 Å². The Hall–Kier alpha value is -3.80. The molecule has 2 heterocycles. The zero-order valence-electron chi connectivity index (χ0n) is 15.4. The van der Waals surface area contributed by atoms with E-state index in [-0.39, 0.29) is 22.6 Å². The second-order valence-electron chi connectivity index (χ2n) is 6.64. The Balaban J connectivity index is 1.65. The average Bonchev–Trinajstić information content (AvgIpc) is 2.95. The van der Waals surface area contributed by atoms with E-state index in [1.807, 2.05) is 26.0 Å². The molecule has 4 rings (SSSR count). The molecule has 0 fully saturated rings. The second-order valence-corrected chi connectivity index (χ2v) is 6.64. The lowest BCUT2D eigenvalue weighted by Crippen LogP contribution is -2.29. The molecular weight excluding hydrogens is 354 g/mol. The lowest BCUT2D eigenvalue weighted by Gasteiger charge is -2.15. The first-order valence-electron chi connectivity index (χ1n) is 8.78. The van der Waals surface area contributed by atoms with Crippen LogP contribution in [-0.2, 0) is 0 Å². The summed E-state index contributed by atoms with van der Waals surface area (Å²) < 4.78 is 0. The van der Waals surface area contributed by atoms with Crippen molar-refractivity contribution < 1.29 is 14.4 Å². The molecule has 1 aromatic heterocycles. The van der Waals surface area contributed by atoms with Gasteiger partial charge < -0.3 is 5.32 Å². The molecule has 0 spiro atoms. The van der Waals surface area contributed by atoms with E-state index in [0.717, 1.165) is 16.0 Å². The van der Waals surface area contributed by atoms with Crippen molar-refractivity contribution >= 4 is 29.2 Å². The fraction of sp³-hybridized carbons (Fsp3) is 0.0909. The molecule has 0 saturated heterocycles. The fourth-order valence-electron chi connectivity index (χ4n) is 3.11. The normalized spacial score (nSPS) is 12.9. The van der Waals surface area contributed by atoms with Gasteiger partial charge in [0.05, 0.1) is 16.8 Å². The average molecular weight is 371 g/mol. The third-order valence-corrected chi connectivity index (χ3v) is 4.80. The molecule has 1 N–H and O–H groups in total. The molecule has 6 nitrogen and oxygen atoms in total. The number of carbonyl (C=O) groups excluding carboxylic acids is 3. The van der Waals surface area contributed by atoms with Gasteiger partial charge in [-0.15, -0.1) is 0 Å². The van der Waals surface area contributed by atoms with Crippen LogP contribution in [0.15, 0.2) is 60.8 Å². The van der Waals surface area contributed by atoms with Gasteiger partial charge >= 0.3 is 0 Å². The smallest absolute Gasteiger partial charge is 0.266 e. The van der Waals surface area contributed by atoms with Gasteiger partial charge in [0.25, 0.3) is 17.7 Å². The lowest BCUT2D eigenvalue weighted by molar-refractivity contribution is 0.0925. The Morgan fingerprint density at radius 3 is 2.39 bits per heavy atom. The van der Waals surface area contributed by atoms with Crippen molar-refractivity contribution in [2.75, 3.05) is 10.2 Å². The van der Waals surface area contributed by atoms with E-state index in [0.29, 0.717) is 11.5 Å². The number of fused-ring (bicyclic) bond motifs is 1. The third-order valence-electron chi connectivity index (χ3n) is 4.80. The van der Waals surface area contributed by atoms with Crippen molar-refractivity contribution in [1.29, 1.82) is 0 Å². The quantitative estimate of drug-likeness (QED) is 0.711. The maximum absolute atomic E-state index is 12.9. The molecule has 6 heteroatoms. The second kappa shape index (κ2) is 6.74. The molecular formula is C22H17N3O3. The molecule has 0 saturated carbocycles. The largest absolute Gasteiger partial charge is 0.307 e. The molecule has 2 aromatic carbocycles. The Morgan fingerprint density at radius 1 is 0.893 bits per heavy atom. The van der Waals surface area contributed by atoms with Crippen molar-refractivity contribution in [3.05, 3.63) is 88.6 Å². The number of amides is 3. The molecule has 28 heavy (non-hydrogen) atoms. The Labute approximate surface area is 161 Å². The van der Waals surface area contributed by atoms with Crippen LogP contribution < -0.4 is 10.2 Å². The van der Waals surface area contributed by atoms with E-state index in [1.54, 1.807) is 30.5 Å². The Morgan fingerprint density at radius 2 is 1.68 bits per heavy atom. The summed E-state index contributed by atoms with van der Waals surface area (Å²) >= 11 is 0. The highest BCUT2D eigenvalue weighted by molar-refractivity contribution is 6.34. The summed E-state index contributed by atoms with van der Waals surface area (Å²) in [5, 5.41) is 2.67. The van der Waals surface area contributed by atoms with Crippen LogP contribution in [0.4, 0.5) is 11.5 Å². The van der Waals surface area contributed by atoms with Crippen LogP contribution in [0.2, 0.25) is 0 Å². The highest BCUT2D eigenvalue weighted by atomic mass is 16.2. The lowest BCUT2D eigenvalue weighted by atomic mass is 10.1. The predicted molar refractivity (Wildman–Crippen MR) is 106 cm³/mol. The van der Waals surface area contributed by atoms with Crippen LogP contribution in [0.1, 0.15) is 42.2 Å². The van der Waals surface area contributed by atoms with Gasteiger partial charge in [-0.1, -0.05) is 12.1 Å². The van der Waals surface area contributed by atoms with Crippen molar-refractivity contribution in [1.82, 2.24) is 4.98 Å². The van der Waals surface area contributed by atoms with E-state index < -0.39 is 11.8 Å². The standard InChI is InChI=1S/C22H17N3O3/c1-13-6-8-16(11-14(13)2)25-21(27)17-9-7-15(12-18(17)22(25)28)20(26)24-19-5-3-4-10-23-19/h3-12H,1-2H3,(H,23,24,26). The van der Waals surface area contributed by atoms with Gasteiger partial charge in [0.1, 0.15) is 5.82 Å². The summed E-state index contributed by atoms with van der Waals surface area (Å²) in [6.45, 7) is 3.89. The van der Waals surface area contributed by atoms with E-state index in [1.165, 1.54) is 18.2 Å². The van der Waals surface area contributed by atoms with E-state index in [2.05, 4.69) is 10.3 Å². The van der Waals surface area contributed by atoms with Crippen molar-refractivity contribution in [3.63, 3.8) is 0 Å². The zero-order valence-corrected chi connectivity index (χ0v) is 15.4. The Bertz CT molecular complexity index is 1120. The number of aromatic nitrogens is 1. The van der Waals surface area contributed by atoms with Crippen LogP contribution in [0.25, 0.3) is 0 Å². The molecule has 138 valence electrons. The van der Waals surface area contributed by atoms with Crippen LogP contribution in [0.3, 0.4) is 0 Å². The van der Waals surface area contributed by atoms with Crippen molar-refractivity contribution in [2.45, 2.75) is 13.8 Å². The minimum atomic E-state index is -0.435. The van der Waals surface area contributed by atoms with Gasteiger partial charge in [-0.2, -0.15) is 0 Å². The Kier molecular flexibility index (Phi) is 4.24. The molecule has 0 aliphatic carbocycles. The predicted octanol–water partition coefficient (Wildman–Crippen LogP) is 3.75. The van der Waals surface area contributed by atoms with Crippen molar-refractivity contribution in [2.24, 2.45) is 0 Å². The van der Waals surface area contributed by atoms with E-state index in [9.17, 15) is 14.4 Å². The summed E-state index contributed by atoms with van der Waals surface area (Å²) in [5.74, 6) is -0.811. The summed E-state index contributed by atoms with van der Waals surface area (Å²) in [6.07, 6.45) is 1.57. The molecule has 1 aliphatic heterocycles. The SMILES string of the molecule is Cc1ccc(N2C(=O)c3ccc(C(=O)Nc4ccccn4)cc3C2=O)cc1C. The van der Waals surface area contributed by atoms with Crippen molar-refractivity contribution in [3.8, 4) is 0 Å². The number of rotatable bonds is 3. The van der Waals surface area contributed by atoms with Gasteiger partial charge in [0.15, 0.2) is 0 Å². The molecule has 0 atom stereocenters. The molecule has 0 unspecified atom stereocenters. The molecule has 0 radical (unpaired) electrons. The number of imide groups is 1. The molecule has 3 aromatic rings. The highest BCUT2D eigenvalue weighted by Crippen LogP contribution is 2.30. The number of hydrogen-bond donors (Lipinski definition) is 1. The monoisotopic (exact) mass is 371 g/mol. The number of hydrogen-bond acceptors (Lipinski definition) is 4. The molecule has 3 amide bonds. The number of benzene rings is 2. The maximum atomic E-state index is 12.9. The van der Waals surface area contributed by atoms with Crippen LogP contribution in [-0.4, -0.2) is 22.7 Å². The number of nitrogens with zero attached hydrogens (tertiary/aromatic N) is 2. The maximum Gasteiger partial charge on any atom is 0.266 e. The fourth-order valence-corrected chi connectivity index (χ4v) is 3.11. The number of nitrogens with one attached hydrogen (secondary N) is 1. The van der Waals surface area contributed by atoms with E-state index >= 15 is 0 Å². The summed E-state index contributed by atoms with van der Waals surface area (Å²) in [6, 6.07) is 15.1. The number of aryl methyl sites for hydroxylation is 2. The zero-order chi connectivity index (χ0) is 19.8. The minimum absolute atomic E-state index is 0.219. The first kappa shape index (κ1) is 17.6. The first-order chi connectivity index (χ1) is 13.5. The van der Waals surface area contributed by atoms with Gasteiger partial charge in [-0.3, -0.25) is 14.4 Å². The van der Waals surface area contributed by atoms with Crippen LogP contribution in [0.5, 0.6) is 0 Å². The summed E-state index contributed by atoms with van der Waals surface area (Å²) in [7, 11) is 0. The summed E-state index contributed by atoms with van der Waals surface area (Å²) in [5.41, 5.74) is 3.38.